The van der Waals surface area contributed by atoms with Gasteiger partial charge < -0.3 is 25.3 Å². The Kier molecular flexibility index (Phi) is 9.08. The van der Waals surface area contributed by atoms with Crippen molar-refractivity contribution in [1.29, 1.82) is 0 Å². The number of nitrogens with zero attached hydrogens (tertiary/aromatic N) is 5. The van der Waals surface area contributed by atoms with Gasteiger partial charge in [-0.25, -0.2) is 4.39 Å². The summed E-state index contributed by atoms with van der Waals surface area (Å²) in [6.07, 6.45) is 4.09. The van der Waals surface area contributed by atoms with Gasteiger partial charge in [-0.15, -0.1) is 0 Å². The van der Waals surface area contributed by atoms with Gasteiger partial charge in [0.05, 0.1) is 0 Å². The highest BCUT2D eigenvalue weighted by atomic mass is 32.1. The molecule has 0 unspecified atom stereocenters. The van der Waals surface area contributed by atoms with Crippen LogP contribution in [0.1, 0.15) is 31.7 Å². The van der Waals surface area contributed by atoms with Crippen LogP contribution in [0, 0.1) is 11.7 Å². The van der Waals surface area contributed by atoms with Crippen LogP contribution >= 0.6 is 12.2 Å². The third-order valence-corrected chi connectivity index (χ3v) is 7.84. The van der Waals surface area contributed by atoms with Crippen LogP contribution in [-0.4, -0.2) is 60.9 Å². The van der Waals surface area contributed by atoms with E-state index in [2.05, 4.69) is 68.7 Å². The molecule has 206 valence electrons. The largest absolute Gasteiger partial charge is 0.368 e. The van der Waals surface area contributed by atoms with E-state index in [4.69, 9.17) is 22.2 Å². The molecule has 2 aliphatic rings. The van der Waals surface area contributed by atoms with E-state index in [-0.39, 0.29) is 5.82 Å². The van der Waals surface area contributed by atoms with Crippen LogP contribution in [0.25, 0.3) is 0 Å². The Balaban J connectivity index is 1.22. The average molecular weight is 548 g/mol. The molecule has 7 nitrogen and oxygen atoms in total. The predicted molar refractivity (Wildman–Crippen MR) is 162 cm³/mol. The summed E-state index contributed by atoms with van der Waals surface area (Å²) in [7, 11) is 0. The SMILES string of the molecule is CC1CCN(c2cc(N3CCN(c4ccccc4)CC3)nc(NC(=S)NCCCc3ccc(F)cc3)n2)CC1. The number of piperidine rings is 1. The quantitative estimate of drug-likeness (QED) is 0.299. The Morgan fingerprint density at radius 2 is 1.49 bits per heavy atom. The molecule has 0 saturated carbocycles. The number of aryl methyl sites for hydroxylation is 1. The van der Waals surface area contributed by atoms with Gasteiger partial charge in [0.2, 0.25) is 5.95 Å². The highest BCUT2D eigenvalue weighted by Gasteiger charge is 2.23. The van der Waals surface area contributed by atoms with E-state index in [1.54, 1.807) is 0 Å². The van der Waals surface area contributed by atoms with Crippen LogP contribution in [0.2, 0.25) is 0 Å². The van der Waals surface area contributed by atoms with Crippen molar-refractivity contribution in [3.63, 3.8) is 0 Å². The number of hydrogen-bond donors (Lipinski definition) is 2. The second-order valence-corrected chi connectivity index (χ2v) is 10.9. The Hall–Kier alpha value is -3.46. The molecule has 0 amide bonds. The highest BCUT2D eigenvalue weighted by Crippen LogP contribution is 2.27. The average Bonchev–Trinajstić information content (AvgIpc) is 2.97. The normalized spacial score (nSPS) is 16.3. The minimum absolute atomic E-state index is 0.207. The maximum Gasteiger partial charge on any atom is 0.232 e. The van der Waals surface area contributed by atoms with E-state index >= 15 is 0 Å². The number of hydrogen-bond acceptors (Lipinski definition) is 6. The highest BCUT2D eigenvalue weighted by molar-refractivity contribution is 7.80. The fourth-order valence-electron chi connectivity index (χ4n) is 5.16. The third-order valence-electron chi connectivity index (χ3n) is 7.60. The first kappa shape index (κ1) is 27.1. The minimum atomic E-state index is -0.207. The second kappa shape index (κ2) is 13.1. The van der Waals surface area contributed by atoms with Crippen molar-refractivity contribution in [2.24, 2.45) is 5.92 Å². The van der Waals surface area contributed by atoms with Crippen LogP contribution in [-0.2, 0) is 6.42 Å². The van der Waals surface area contributed by atoms with Crippen molar-refractivity contribution < 1.29 is 4.39 Å². The van der Waals surface area contributed by atoms with Crippen molar-refractivity contribution in [2.75, 3.05) is 65.8 Å². The Morgan fingerprint density at radius 3 is 2.15 bits per heavy atom. The Morgan fingerprint density at radius 1 is 0.872 bits per heavy atom. The number of nitrogens with one attached hydrogen (secondary N) is 2. The van der Waals surface area contributed by atoms with Gasteiger partial charge in [0, 0.05) is 57.6 Å². The lowest BCUT2D eigenvalue weighted by atomic mass is 9.99. The van der Waals surface area contributed by atoms with Gasteiger partial charge in [-0.2, -0.15) is 9.97 Å². The number of halogens is 1. The first-order valence-corrected chi connectivity index (χ1v) is 14.4. The molecule has 39 heavy (non-hydrogen) atoms. The van der Waals surface area contributed by atoms with Crippen molar-refractivity contribution in [3.8, 4) is 0 Å². The number of rotatable bonds is 8. The number of para-hydroxylation sites is 1. The third kappa shape index (κ3) is 7.56. The lowest BCUT2D eigenvalue weighted by Crippen LogP contribution is -2.47. The van der Waals surface area contributed by atoms with E-state index in [1.165, 1.54) is 30.7 Å². The van der Waals surface area contributed by atoms with E-state index in [9.17, 15) is 4.39 Å². The molecular weight excluding hydrogens is 509 g/mol. The van der Waals surface area contributed by atoms with Crippen LogP contribution < -0.4 is 25.3 Å². The van der Waals surface area contributed by atoms with Gasteiger partial charge in [-0.1, -0.05) is 37.3 Å². The van der Waals surface area contributed by atoms with Crippen LogP contribution in [0.4, 0.5) is 27.7 Å². The van der Waals surface area contributed by atoms with Gasteiger partial charge in [0.25, 0.3) is 0 Å². The second-order valence-electron chi connectivity index (χ2n) is 10.5. The molecule has 2 N–H and O–H groups in total. The van der Waals surface area contributed by atoms with Gasteiger partial charge in [-0.3, -0.25) is 0 Å². The smallest absolute Gasteiger partial charge is 0.232 e. The van der Waals surface area contributed by atoms with Crippen molar-refractivity contribution in [3.05, 3.63) is 72.0 Å². The van der Waals surface area contributed by atoms with E-state index in [0.29, 0.717) is 17.6 Å². The van der Waals surface area contributed by atoms with Crippen LogP contribution in [0.5, 0.6) is 0 Å². The van der Waals surface area contributed by atoms with Gasteiger partial charge in [-0.05, 0) is 73.6 Å². The van der Waals surface area contributed by atoms with Gasteiger partial charge >= 0.3 is 0 Å². The van der Waals surface area contributed by atoms with Gasteiger partial charge in [0.15, 0.2) is 5.11 Å². The summed E-state index contributed by atoms with van der Waals surface area (Å²) in [6.45, 7) is 8.73. The summed E-state index contributed by atoms with van der Waals surface area (Å²) in [5.74, 6) is 2.97. The first-order chi connectivity index (χ1) is 19.0. The standard InChI is InChI=1S/C30H38FN7S/c1-23-13-16-37(17-14-23)27-22-28(38-20-18-36(19-21-38)26-7-3-2-4-8-26)34-29(33-27)35-30(39)32-15-5-6-24-9-11-25(31)12-10-24/h2-4,7-12,22-23H,5-6,13-21H2,1H3,(H2,32,33,34,35,39). The molecule has 0 bridgehead atoms. The lowest BCUT2D eigenvalue weighted by Gasteiger charge is -2.37. The van der Waals surface area contributed by atoms with Crippen molar-refractivity contribution in [1.82, 2.24) is 15.3 Å². The molecule has 2 saturated heterocycles. The summed E-state index contributed by atoms with van der Waals surface area (Å²) in [5.41, 5.74) is 2.38. The van der Waals surface area contributed by atoms with Gasteiger partial charge in [0.1, 0.15) is 17.5 Å². The number of benzene rings is 2. The molecule has 1 aromatic heterocycles. The summed E-state index contributed by atoms with van der Waals surface area (Å²) in [5, 5.41) is 7.02. The summed E-state index contributed by atoms with van der Waals surface area (Å²) < 4.78 is 13.1. The van der Waals surface area contributed by atoms with E-state index in [0.717, 1.165) is 75.2 Å². The molecular formula is C30H38FN7S. The zero-order valence-corrected chi connectivity index (χ0v) is 23.5. The fourth-order valence-corrected chi connectivity index (χ4v) is 5.36. The number of piperazine rings is 1. The molecule has 0 radical (unpaired) electrons. The number of aromatic nitrogens is 2. The van der Waals surface area contributed by atoms with E-state index < -0.39 is 0 Å². The number of anilines is 4. The molecule has 2 fully saturated rings. The molecule has 0 atom stereocenters. The molecule has 9 heteroatoms. The van der Waals surface area contributed by atoms with Crippen molar-refractivity contribution >= 4 is 40.6 Å². The molecule has 2 aliphatic heterocycles. The molecule has 0 spiro atoms. The topological polar surface area (TPSA) is 59.6 Å². The van der Waals surface area contributed by atoms with Crippen LogP contribution in [0.15, 0.2) is 60.7 Å². The molecule has 5 rings (SSSR count). The summed E-state index contributed by atoms with van der Waals surface area (Å²) in [4.78, 5) is 16.9. The minimum Gasteiger partial charge on any atom is -0.368 e. The first-order valence-electron chi connectivity index (χ1n) is 14.0. The van der Waals surface area contributed by atoms with Crippen LogP contribution in [0.3, 0.4) is 0 Å². The predicted octanol–water partition coefficient (Wildman–Crippen LogP) is 5.10. The lowest BCUT2D eigenvalue weighted by molar-refractivity contribution is 0.436. The molecule has 3 heterocycles. The Labute approximate surface area is 236 Å². The monoisotopic (exact) mass is 547 g/mol. The van der Waals surface area contributed by atoms with Crippen molar-refractivity contribution in [2.45, 2.75) is 32.6 Å². The fraction of sp³-hybridized carbons (Fsp3) is 0.433. The molecule has 2 aromatic carbocycles. The molecule has 0 aliphatic carbocycles. The van der Waals surface area contributed by atoms with E-state index in [1.807, 2.05) is 12.1 Å². The zero-order valence-electron chi connectivity index (χ0n) is 22.7. The Bertz CT molecular complexity index is 1210. The summed E-state index contributed by atoms with van der Waals surface area (Å²) in [6, 6.07) is 19.4. The maximum atomic E-state index is 13.1. The molecule has 3 aromatic rings. The maximum absolute atomic E-state index is 13.1. The number of thiocarbonyl (C=S) groups is 1. The summed E-state index contributed by atoms with van der Waals surface area (Å²) >= 11 is 5.58. The zero-order chi connectivity index (χ0) is 27.0.